The van der Waals surface area contributed by atoms with E-state index in [1.807, 2.05) is 0 Å². The maximum absolute atomic E-state index is 12.9. The third kappa shape index (κ3) is 1.68. The van der Waals surface area contributed by atoms with Crippen molar-refractivity contribution in [2.24, 2.45) is 0 Å². The van der Waals surface area contributed by atoms with Gasteiger partial charge >= 0.3 is 16.0 Å². The molecule has 1 rings (SSSR count). The van der Waals surface area contributed by atoms with Crippen molar-refractivity contribution in [3.63, 3.8) is 0 Å². The Bertz CT molecular complexity index is 231. The van der Waals surface area contributed by atoms with Gasteiger partial charge in [0.15, 0.2) is 0 Å². The minimum Gasteiger partial charge on any atom is -0.271 e. The zero-order chi connectivity index (χ0) is 11.4. The van der Waals surface area contributed by atoms with E-state index in [0.717, 1.165) is 0 Å². The number of alkyl halides is 8. The summed E-state index contributed by atoms with van der Waals surface area (Å²) in [6.07, 6.45) is -7.58. The van der Waals surface area contributed by atoms with E-state index in [4.69, 9.17) is 0 Å². The van der Waals surface area contributed by atoms with Crippen LogP contribution in [-0.4, -0.2) is 21.8 Å². The molecule has 1 saturated heterocycles. The van der Waals surface area contributed by atoms with Crippen molar-refractivity contribution >= 4 is 22.6 Å². The average molecular weight is 338 g/mol. The highest BCUT2D eigenvalue weighted by molar-refractivity contribution is 14.1. The molecule has 0 N–H and O–H groups in total. The second kappa shape index (κ2) is 2.86. The van der Waals surface area contributed by atoms with Crippen LogP contribution in [0, 0.1) is 0 Å². The van der Waals surface area contributed by atoms with E-state index in [0.29, 0.717) is 0 Å². The van der Waals surface area contributed by atoms with Gasteiger partial charge in [0, 0.05) is 22.6 Å². The number of halogens is 8. The smallest absolute Gasteiger partial charge is 0.271 e. The van der Waals surface area contributed by atoms with Gasteiger partial charge in [0.1, 0.15) is 0 Å². The highest BCUT2D eigenvalue weighted by Crippen LogP contribution is 2.58. The summed E-state index contributed by atoms with van der Waals surface area (Å²) in [5, 5.41) is 0. The Morgan fingerprint density at radius 3 is 1.64 bits per heavy atom. The van der Waals surface area contributed by atoms with Gasteiger partial charge < -0.3 is 0 Å². The Labute approximate surface area is 86.7 Å². The summed E-state index contributed by atoms with van der Waals surface area (Å²) in [6, 6.07) is 0. The highest BCUT2D eigenvalue weighted by Gasteiger charge is 2.77. The van der Waals surface area contributed by atoms with E-state index in [9.17, 15) is 30.7 Å². The molecule has 14 heavy (non-hydrogen) atoms. The van der Waals surface area contributed by atoms with E-state index in [1.54, 1.807) is 0 Å². The summed E-state index contributed by atoms with van der Waals surface area (Å²) in [6.45, 7) is 0. The van der Waals surface area contributed by atoms with Gasteiger partial charge in [-0.25, -0.2) is 4.39 Å². The van der Waals surface area contributed by atoms with E-state index < -0.39 is 28.2 Å². The van der Waals surface area contributed by atoms with Crippen LogP contribution in [-0.2, 0) is 4.74 Å². The first-order valence-corrected chi connectivity index (χ1v) is 4.21. The Hall–Kier alpha value is 0.200. The fourth-order valence-electron chi connectivity index (χ4n) is 0.860. The summed E-state index contributed by atoms with van der Waals surface area (Å²) < 4.78 is 84.9. The number of rotatable bonds is 1. The third-order valence-corrected chi connectivity index (χ3v) is 2.39. The molecule has 0 radical (unpaired) electrons. The highest BCUT2D eigenvalue weighted by atomic mass is 127. The fraction of sp³-hybridized carbons (Fsp3) is 1.00. The van der Waals surface area contributed by atoms with Crippen LogP contribution in [0.2, 0.25) is 0 Å². The molecule has 0 aromatic heterocycles. The standard InChI is InChI=1S/C5H2F7IO/c6-2(7)1-3(8,4(9,10)13)14-5(2,11)12/h1H2. The Kier molecular flexibility index (Phi) is 2.51. The van der Waals surface area contributed by atoms with Crippen molar-refractivity contribution in [1.29, 1.82) is 0 Å². The molecule has 0 spiro atoms. The lowest BCUT2D eigenvalue weighted by atomic mass is 10.1. The maximum Gasteiger partial charge on any atom is 0.422 e. The Balaban J connectivity index is 3.03. The minimum absolute atomic E-state index is 0.129. The molecular formula is C5H2F7IO. The zero-order valence-electron chi connectivity index (χ0n) is 6.14. The third-order valence-electron chi connectivity index (χ3n) is 1.59. The van der Waals surface area contributed by atoms with Gasteiger partial charge in [-0.1, -0.05) is 0 Å². The van der Waals surface area contributed by atoms with Crippen LogP contribution in [0.5, 0.6) is 0 Å². The lowest BCUT2D eigenvalue weighted by molar-refractivity contribution is -0.353. The van der Waals surface area contributed by atoms with Crippen molar-refractivity contribution in [3.05, 3.63) is 0 Å². The minimum atomic E-state index is -5.21. The molecule has 1 atom stereocenters. The molecule has 1 unspecified atom stereocenters. The lowest BCUT2D eigenvalue weighted by Crippen LogP contribution is -2.40. The van der Waals surface area contributed by atoms with Gasteiger partial charge in [-0.15, -0.1) is 0 Å². The molecule has 0 bridgehead atoms. The lowest BCUT2D eigenvalue weighted by Gasteiger charge is -2.23. The molecule has 1 nitrogen and oxygen atoms in total. The van der Waals surface area contributed by atoms with Crippen LogP contribution in [0.1, 0.15) is 6.42 Å². The monoisotopic (exact) mass is 338 g/mol. The summed E-state index contributed by atoms with van der Waals surface area (Å²) in [5.74, 6) is -9.28. The Morgan fingerprint density at radius 2 is 1.50 bits per heavy atom. The molecule has 0 aliphatic carbocycles. The van der Waals surface area contributed by atoms with Crippen molar-refractivity contribution in [1.82, 2.24) is 0 Å². The molecule has 1 aliphatic rings. The molecular weight excluding hydrogens is 336 g/mol. The number of hydrogen-bond acceptors (Lipinski definition) is 1. The molecule has 0 amide bonds. The first-order valence-electron chi connectivity index (χ1n) is 3.13. The molecule has 0 aromatic carbocycles. The molecule has 9 heteroatoms. The second-order valence-electron chi connectivity index (χ2n) is 2.73. The molecule has 1 aliphatic heterocycles. The van der Waals surface area contributed by atoms with Gasteiger partial charge in [-0.05, 0) is 0 Å². The number of ether oxygens (including phenoxy) is 1. The summed E-state index contributed by atoms with van der Waals surface area (Å²) >= 11 is 0.129. The van der Waals surface area contributed by atoms with E-state index in [1.165, 1.54) is 0 Å². The summed E-state index contributed by atoms with van der Waals surface area (Å²) in [7, 11) is 0. The Morgan fingerprint density at radius 1 is 1.07 bits per heavy atom. The van der Waals surface area contributed by atoms with Crippen LogP contribution in [0.15, 0.2) is 0 Å². The second-order valence-corrected chi connectivity index (χ2v) is 4.08. The van der Waals surface area contributed by atoms with Crippen molar-refractivity contribution in [2.45, 2.75) is 28.2 Å². The molecule has 1 heterocycles. The van der Waals surface area contributed by atoms with Crippen LogP contribution in [0.4, 0.5) is 30.7 Å². The van der Waals surface area contributed by atoms with Crippen LogP contribution >= 0.6 is 22.6 Å². The van der Waals surface area contributed by atoms with Gasteiger partial charge in [0.25, 0.3) is 5.85 Å². The summed E-state index contributed by atoms with van der Waals surface area (Å²) in [5.41, 5.74) is 0. The fourth-order valence-corrected chi connectivity index (χ4v) is 1.16. The van der Waals surface area contributed by atoms with Gasteiger partial charge in [0.2, 0.25) is 0 Å². The van der Waals surface area contributed by atoms with Crippen molar-refractivity contribution in [2.75, 3.05) is 0 Å². The SMILES string of the molecule is FC(F)(I)C1(F)CC(F)(F)C(F)(F)O1. The predicted molar refractivity (Wildman–Crippen MR) is 38.4 cm³/mol. The molecule has 0 aromatic rings. The van der Waals surface area contributed by atoms with Gasteiger partial charge in [-0.2, -0.15) is 26.3 Å². The topological polar surface area (TPSA) is 9.23 Å². The first kappa shape index (κ1) is 12.3. The molecule has 1 fully saturated rings. The normalized spacial score (nSPS) is 36.0. The van der Waals surface area contributed by atoms with Crippen LogP contribution in [0.25, 0.3) is 0 Å². The van der Waals surface area contributed by atoms with Crippen LogP contribution < -0.4 is 0 Å². The van der Waals surface area contributed by atoms with Crippen LogP contribution in [0.3, 0.4) is 0 Å². The van der Waals surface area contributed by atoms with Gasteiger partial charge in [0.05, 0.1) is 6.42 Å². The quantitative estimate of drug-likeness (QED) is 0.405. The number of hydrogen-bond donors (Lipinski definition) is 0. The zero-order valence-corrected chi connectivity index (χ0v) is 8.30. The van der Waals surface area contributed by atoms with Crippen molar-refractivity contribution in [3.8, 4) is 0 Å². The average Bonchev–Trinajstić information content (AvgIpc) is 1.95. The largest absolute Gasteiger partial charge is 0.422 e. The predicted octanol–water partition coefficient (Wildman–Crippen LogP) is 3.33. The van der Waals surface area contributed by atoms with E-state index >= 15 is 0 Å². The van der Waals surface area contributed by atoms with E-state index in [2.05, 4.69) is 4.74 Å². The summed E-state index contributed by atoms with van der Waals surface area (Å²) in [4.78, 5) is 0. The molecule has 0 saturated carbocycles. The van der Waals surface area contributed by atoms with Crippen molar-refractivity contribution < 1.29 is 35.5 Å². The molecule has 84 valence electrons. The maximum atomic E-state index is 12.9. The first-order chi connectivity index (χ1) is 5.91. The van der Waals surface area contributed by atoms with Gasteiger partial charge in [-0.3, -0.25) is 4.74 Å². The van der Waals surface area contributed by atoms with E-state index in [-0.39, 0.29) is 22.6 Å².